The Balaban J connectivity index is 1.74. The van der Waals surface area contributed by atoms with Crippen LogP contribution in [0.25, 0.3) is 5.69 Å². The Labute approximate surface area is 205 Å². The van der Waals surface area contributed by atoms with Crippen LogP contribution in [-0.2, 0) is 14.3 Å². The summed E-state index contributed by atoms with van der Waals surface area (Å²) in [4.78, 5) is 36.9. The number of amides is 1. The van der Waals surface area contributed by atoms with Crippen LogP contribution in [0.5, 0.6) is 0 Å². The monoisotopic (exact) mass is 529 g/mol. The van der Waals surface area contributed by atoms with Gasteiger partial charge in [0.15, 0.2) is 8.29 Å². The fourth-order valence-corrected chi connectivity index (χ4v) is 6.01. The largest absolute Gasteiger partial charge is 0.465 e. The summed E-state index contributed by atoms with van der Waals surface area (Å²) < 4.78 is 12.3. The number of thioether (sulfide) groups is 1. The Hall–Kier alpha value is -2.25. The van der Waals surface area contributed by atoms with E-state index in [0.717, 1.165) is 17.0 Å². The summed E-state index contributed by atoms with van der Waals surface area (Å²) in [5.74, 6) is -1.61. The number of methoxy groups -OCH3 is 2. The summed E-state index contributed by atoms with van der Waals surface area (Å²) in [5.41, 5.74) is 1.27. The molecule has 8 nitrogen and oxygen atoms in total. The maximum Gasteiger partial charge on any atom is 0.348 e. The van der Waals surface area contributed by atoms with Crippen molar-refractivity contribution in [3.05, 3.63) is 49.2 Å². The summed E-state index contributed by atoms with van der Waals surface area (Å²) in [6, 6.07) is 7.07. The summed E-state index contributed by atoms with van der Waals surface area (Å²) in [5, 5.41) is 7.94. The average molecular weight is 530 g/mol. The standard InChI is InChI=1S/C19H16ClN3O5S4/c1-9-13(16(25)27-2)15(31-14(9)17(26)28-3)21-12(24)8-30-18-22-23(19(29)32-18)11-6-4-10(20)5-7-11/h4-7H,8H2,1-3H3,(H,21,24). The number of rotatable bonds is 7. The molecule has 0 fully saturated rings. The van der Waals surface area contributed by atoms with E-state index in [9.17, 15) is 14.4 Å². The molecule has 168 valence electrons. The highest BCUT2D eigenvalue weighted by Gasteiger charge is 2.26. The number of anilines is 1. The Morgan fingerprint density at radius 2 is 1.81 bits per heavy atom. The Morgan fingerprint density at radius 3 is 2.44 bits per heavy atom. The van der Waals surface area contributed by atoms with E-state index in [1.807, 2.05) is 0 Å². The van der Waals surface area contributed by atoms with Crippen LogP contribution in [0.2, 0.25) is 5.02 Å². The molecule has 3 rings (SSSR count). The first kappa shape index (κ1) is 24.4. The molecule has 1 amide bonds. The first-order valence-corrected chi connectivity index (χ1v) is 12.2. The molecule has 0 aliphatic rings. The zero-order valence-electron chi connectivity index (χ0n) is 17.0. The second-order valence-corrected chi connectivity index (χ2v) is 10.4. The fourth-order valence-electron chi connectivity index (χ4n) is 2.59. The molecule has 0 unspecified atom stereocenters. The van der Waals surface area contributed by atoms with E-state index in [2.05, 4.69) is 10.4 Å². The summed E-state index contributed by atoms with van der Waals surface area (Å²) >= 11 is 14.7. The van der Waals surface area contributed by atoms with Gasteiger partial charge in [0.05, 0.1) is 31.2 Å². The lowest BCUT2D eigenvalue weighted by Crippen LogP contribution is -2.16. The fraction of sp³-hybridized carbons (Fsp3) is 0.211. The van der Waals surface area contributed by atoms with Crippen LogP contribution in [0, 0.1) is 10.9 Å². The minimum absolute atomic E-state index is 0.0218. The molecule has 1 aromatic carbocycles. The van der Waals surface area contributed by atoms with Crippen LogP contribution in [0.15, 0.2) is 28.6 Å². The van der Waals surface area contributed by atoms with Crippen molar-refractivity contribution in [2.24, 2.45) is 0 Å². The molecule has 32 heavy (non-hydrogen) atoms. The molecule has 1 N–H and O–H groups in total. The van der Waals surface area contributed by atoms with Crippen molar-refractivity contribution in [1.82, 2.24) is 9.78 Å². The van der Waals surface area contributed by atoms with Crippen molar-refractivity contribution in [2.45, 2.75) is 11.3 Å². The van der Waals surface area contributed by atoms with Crippen LogP contribution < -0.4 is 5.32 Å². The molecular weight excluding hydrogens is 514 g/mol. The number of carbonyl (C=O) groups excluding carboxylic acids is 3. The number of nitrogens with zero attached hydrogens (tertiary/aromatic N) is 2. The van der Waals surface area contributed by atoms with Gasteiger partial charge in [-0.2, -0.15) is 0 Å². The molecule has 0 bridgehead atoms. The molecule has 0 aliphatic heterocycles. The molecule has 0 radical (unpaired) electrons. The highest BCUT2D eigenvalue weighted by molar-refractivity contribution is 8.01. The lowest BCUT2D eigenvalue weighted by Gasteiger charge is -2.05. The number of esters is 2. The van der Waals surface area contributed by atoms with Crippen molar-refractivity contribution >= 4 is 81.1 Å². The maximum atomic E-state index is 12.5. The predicted molar refractivity (Wildman–Crippen MR) is 128 cm³/mol. The first-order chi connectivity index (χ1) is 15.2. The van der Waals surface area contributed by atoms with Crippen LogP contribution in [0.1, 0.15) is 25.6 Å². The first-order valence-electron chi connectivity index (χ1n) is 8.84. The molecule has 0 saturated carbocycles. The molecule has 0 saturated heterocycles. The third-order valence-corrected chi connectivity index (χ3v) is 7.89. The van der Waals surface area contributed by atoms with E-state index in [-0.39, 0.29) is 27.1 Å². The van der Waals surface area contributed by atoms with E-state index in [4.69, 9.17) is 33.3 Å². The zero-order chi connectivity index (χ0) is 23.4. The summed E-state index contributed by atoms with van der Waals surface area (Å²) in [6.45, 7) is 1.59. The molecule has 0 aliphatic carbocycles. The van der Waals surface area contributed by atoms with Crippen LogP contribution in [-0.4, -0.2) is 47.6 Å². The number of hydrogen-bond donors (Lipinski definition) is 1. The van der Waals surface area contributed by atoms with Gasteiger partial charge >= 0.3 is 11.9 Å². The predicted octanol–water partition coefficient (Wildman–Crippen LogP) is 4.99. The van der Waals surface area contributed by atoms with Gasteiger partial charge in [0.1, 0.15) is 9.88 Å². The SMILES string of the molecule is COC(=O)c1sc(NC(=O)CSc2nn(-c3ccc(Cl)cc3)c(=S)s2)c(C(=O)OC)c1C. The smallest absolute Gasteiger partial charge is 0.348 e. The third-order valence-electron chi connectivity index (χ3n) is 4.09. The lowest BCUT2D eigenvalue weighted by molar-refractivity contribution is -0.113. The van der Waals surface area contributed by atoms with Crippen molar-refractivity contribution in [2.75, 3.05) is 25.3 Å². The summed E-state index contributed by atoms with van der Waals surface area (Å²) in [7, 11) is 2.47. The van der Waals surface area contributed by atoms with E-state index in [1.54, 1.807) is 35.9 Å². The van der Waals surface area contributed by atoms with Crippen molar-refractivity contribution < 1.29 is 23.9 Å². The number of benzene rings is 1. The molecule has 2 heterocycles. The second kappa shape index (κ2) is 10.6. The molecule has 13 heteroatoms. The van der Waals surface area contributed by atoms with Gasteiger partial charge in [0.2, 0.25) is 5.91 Å². The second-order valence-electron chi connectivity index (χ2n) is 6.10. The topological polar surface area (TPSA) is 99.5 Å². The van der Waals surface area contributed by atoms with Gasteiger partial charge in [0.25, 0.3) is 0 Å². The van der Waals surface area contributed by atoms with Crippen molar-refractivity contribution in [3.63, 3.8) is 0 Å². The van der Waals surface area contributed by atoms with Gasteiger partial charge in [0, 0.05) is 5.02 Å². The highest BCUT2D eigenvalue weighted by Crippen LogP contribution is 2.34. The average Bonchev–Trinajstić information content (AvgIpc) is 3.31. The van der Waals surface area contributed by atoms with Gasteiger partial charge < -0.3 is 14.8 Å². The number of halogens is 1. The van der Waals surface area contributed by atoms with Gasteiger partial charge in [-0.1, -0.05) is 34.7 Å². The Bertz CT molecular complexity index is 1230. The molecular formula is C19H16ClN3O5S4. The number of carbonyl (C=O) groups is 3. The number of ether oxygens (including phenoxy) is 2. The highest BCUT2D eigenvalue weighted by atomic mass is 35.5. The van der Waals surface area contributed by atoms with Crippen molar-refractivity contribution in [1.29, 1.82) is 0 Å². The minimum Gasteiger partial charge on any atom is -0.465 e. The van der Waals surface area contributed by atoms with Gasteiger partial charge in [-0.25, -0.2) is 14.3 Å². The van der Waals surface area contributed by atoms with E-state index < -0.39 is 11.9 Å². The number of hydrogen-bond acceptors (Lipinski definition) is 10. The molecule has 0 atom stereocenters. The van der Waals surface area contributed by atoms with Crippen LogP contribution >= 0.6 is 58.3 Å². The van der Waals surface area contributed by atoms with E-state index in [0.29, 0.717) is 18.9 Å². The zero-order valence-corrected chi connectivity index (χ0v) is 21.0. The normalized spacial score (nSPS) is 10.6. The summed E-state index contributed by atoms with van der Waals surface area (Å²) in [6.07, 6.45) is 0. The third kappa shape index (κ3) is 5.38. The van der Waals surface area contributed by atoms with Crippen LogP contribution in [0.3, 0.4) is 0 Å². The molecule has 0 spiro atoms. The minimum atomic E-state index is -0.656. The molecule has 2 aromatic heterocycles. The van der Waals surface area contributed by atoms with Crippen molar-refractivity contribution in [3.8, 4) is 5.69 Å². The quantitative estimate of drug-likeness (QED) is 0.259. The lowest BCUT2D eigenvalue weighted by atomic mass is 10.1. The number of aromatic nitrogens is 2. The Kier molecular flexibility index (Phi) is 8.06. The van der Waals surface area contributed by atoms with Gasteiger partial charge in [-0.05, 0) is 49.0 Å². The van der Waals surface area contributed by atoms with E-state index in [1.165, 1.54) is 37.3 Å². The number of nitrogens with one attached hydrogen (secondary N) is 1. The Morgan fingerprint density at radius 1 is 1.16 bits per heavy atom. The van der Waals surface area contributed by atoms with Gasteiger partial charge in [-0.15, -0.1) is 16.4 Å². The van der Waals surface area contributed by atoms with E-state index >= 15 is 0 Å². The van der Waals surface area contributed by atoms with Crippen LogP contribution in [0.4, 0.5) is 5.00 Å². The number of thiophene rings is 1. The molecule has 3 aromatic rings. The maximum absolute atomic E-state index is 12.5. The van der Waals surface area contributed by atoms with Gasteiger partial charge in [-0.3, -0.25) is 4.79 Å².